The van der Waals surface area contributed by atoms with Crippen molar-refractivity contribution in [1.29, 1.82) is 0 Å². The molecule has 2 atom stereocenters. The average Bonchev–Trinajstić information content (AvgIpc) is 2.69. The van der Waals surface area contributed by atoms with Crippen LogP contribution in [0, 0.1) is 5.92 Å². The van der Waals surface area contributed by atoms with Crippen LogP contribution < -0.4 is 15.4 Å². The molecule has 3 N–H and O–H groups in total. The molecule has 152 valence electrons. The van der Waals surface area contributed by atoms with E-state index in [-0.39, 0.29) is 6.10 Å². The molecule has 1 aliphatic rings. The molecule has 0 saturated heterocycles. The van der Waals surface area contributed by atoms with Crippen molar-refractivity contribution in [3.63, 3.8) is 0 Å². The third-order valence-corrected chi connectivity index (χ3v) is 4.85. The lowest BCUT2D eigenvalue weighted by atomic mass is 9.87. The summed E-state index contributed by atoms with van der Waals surface area (Å²) in [6, 6.07) is 7.98. The van der Waals surface area contributed by atoms with E-state index in [9.17, 15) is 5.11 Å². The number of methoxy groups -OCH3 is 1. The van der Waals surface area contributed by atoms with Crippen molar-refractivity contribution in [1.82, 2.24) is 10.6 Å². The average molecular weight is 378 g/mol. The number of nitrogens with zero attached hydrogens (tertiary/aromatic N) is 1. The molecule has 0 aromatic heterocycles. The van der Waals surface area contributed by atoms with Gasteiger partial charge >= 0.3 is 0 Å². The van der Waals surface area contributed by atoms with E-state index in [0.29, 0.717) is 12.5 Å². The second-order valence-corrected chi connectivity index (χ2v) is 7.06. The van der Waals surface area contributed by atoms with Gasteiger partial charge in [-0.3, -0.25) is 0 Å². The number of aliphatic imine (C=N–C) groups is 1. The van der Waals surface area contributed by atoms with E-state index in [4.69, 9.17) is 14.5 Å². The third kappa shape index (κ3) is 8.63. The molecule has 0 aliphatic heterocycles. The van der Waals surface area contributed by atoms with Crippen molar-refractivity contribution >= 4 is 5.96 Å². The Morgan fingerprint density at radius 1 is 1.22 bits per heavy atom. The normalized spacial score (nSPS) is 20.3. The molecule has 1 aliphatic carbocycles. The van der Waals surface area contributed by atoms with Gasteiger partial charge in [-0.2, -0.15) is 0 Å². The van der Waals surface area contributed by atoms with Crippen LogP contribution in [0.2, 0.25) is 0 Å². The minimum Gasteiger partial charge on any atom is -0.497 e. The first-order chi connectivity index (χ1) is 13.2. The van der Waals surface area contributed by atoms with Gasteiger partial charge < -0.3 is 25.2 Å². The Hall–Kier alpha value is -1.79. The van der Waals surface area contributed by atoms with E-state index in [1.54, 1.807) is 7.11 Å². The number of hydrogen-bond acceptors (Lipinski definition) is 4. The molecule has 0 amide bonds. The zero-order valence-corrected chi connectivity index (χ0v) is 16.7. The van der Waals surface area contributed by atoms with E-state index >= 15 is 0 Å². The van der Waals surface area contributed by atoms with E-state index in [2.05, 4.69) is 10.6 Å². The quantitative estimate of drug-likeness (QED) is 0.332. The monoisotopic (exact) mass is 377 g/mol. The highest BCUT2D eigenvalue weighted by Crippen LogP contribution is 2.23. The van der Waals surface area contributed by atoms with Crippen LogP contribution in [0.4, 0.5) is 0 Å². The zero-order valence-electron chi connectivity index (χ0n) is 16.7. The summed E-state index contributed by atoms with van der Waals surface area (Å²) >= 11 is 0. The van der Waals surface area contributed by atoms with Gasteiger partial charge in [-0.05, 0) is 56.2 Å². The van der Waals surface area contributed by atoms with E-state index in [1.165, 1.54) is 6.42 Å². The third-order valence-electron chi connectivity index (χ3n) is 4.85. The molecule has 0 heterocycles. The second kappa shape index (κ2) is 12.6. The summed E-state index contributed by atoms with van der Waals surface area (Å²) < 4.78 is 10.6. The topological polar surface area (TPSA) is 75.1 Å². The molecule has 6 heteroatoms. The summed E-state index contributed by atoms with van der Waals surface area (Å²) in [7, 11) is 1.67. The fourth-order valence-corrected chi connectivity index (χ4v) is 3.29. The van der Waals surface area contributed by atoms with Gasteiger partial charge in [-0.25, -0.2) is 4.99 Å². The van der Waals surface area contributed by atoms with Crippen molar-refractivity contribution in [3.05, 3.63) is 29.8 Å². The Morgan fingerprint density at radius 3 is 2.74 bits per heavy atom. The van der Waals surface area contributed by atoms with Gasteiger partial charge in [0, 0.05) is 26.3 Å². The largest absolute Gasteiger partial charge is 0.497 e. The molecule has 2 unspecified atom stereocenters. The summed E-state index contributed by atoms with van der Waals surface area (Å²) in [6.07, 6.45) is 4.88. The summed E-state index contributed by atoms with van der Waals surface area (Å²) in [5, 5.41) is 16.7. The molecule has 0 bridgehead atoms. The summed E-state index contributed by atoms with van der Waals surface area (Å²) in [4.78, 5) is 4.72. The fourth-order valence-electron chi connectivity index (χ4n) is 3.29. The van der Waals surface area contributed by atoms with E-state index in [1.807, 2.05) is 31.2 Å². The molecule has 6 nitrogen and oxygen atoms in total. The van der Waals surface area contributed by atoms with Gasteiger partial charge in [0.2, 0.25) is 0 Å². The van der Waals surface area contributed by atoms with Crippen molar-refractivity contribution in [2.45, 2.75) is 51.7 Å². The van der Waals surface area contributed by atoms with Crippen LogP contribution in [0.3, 0.4) is 0 Å². The molecule has 27 heavy (non-hydrogen) atoms. The van der Waals surface area contributed by atoms with Crippen molar-refractivity contribution in [2.24, 2.45) is 10.9 Å². The number of rotatable bonds is 10. The lowest BCUT2D eigenvalue weighted by Crippen LogP contribution is -2.41. The zero-order chi connectivity index (χ0) is 19.3. The highest BCUT2D eigenvalue weighted by molar-refractivity contribution is 5.79. The highest BCUT2D eigenvalue weighted by Gasteiger charge is 2.20. The first-order valence-corrected chi connectivity index (χ1v) is 10.1. The van der Waals surface area contributed by atoms with Crippen LogP contribution in [-0.2, 0) is 11.3 Å². The lowest BCUT2D eigenvalue weighted by molar-refractivity contribution is 0.102. The molecular weight excluding hydrogens is 342 g/mol. The Kier molecular flexibility index (Phi) is 10.0. The minimum atomic E-state index is -0.149. The molecule has 1 aromatic rings. The first kappa shape index (κ1) is 21.5. The highest BCUT2D eigenvalue weighted by atomic mass is 16.5. The number of guanidine groups is 1. The maximum absolute atomic E-state index is 9.87. The van der Waals surface area contributed by atoms with Gasteiger partial charge in [0.1, 0.15) is 5.75 Å². The molecule has 0 spiro atoms. The predicted octanol–water partition coefficient (Wildman–Crippen LogP) is 2.71. The maximum Gasteiger partial charge on any atom is 0.191 e. The van der Waals surface area contributed by atoms with Gasteiger partial charge in [0.15, 0.2) is 5.96 Å². The van der Waals surface area contributed by atoms with Crippen molar-refractivity contribution in [2.75, 3.05) is 33.4 Å². The number of aliphatic hydroxyl groups is 1. The predicted molar refractivity (Wildman–Crippen MR) is 109 cm³/mol. The Labute approximate surface area is 163 Å². The van der Waals surface area contributed by atoms with Gasteiger partial charge in [-0.15, -0.1) is 0 Å². The van der Waals surface area contributed by atoms with Crippen LogP contribution in [-0.4, -0.2) is 50.6 Å². The Bertz CT molecular complexity index is 548. The fraction of sp³-hybridized carbons (Fsp3) is 0.667. The van der Waals surface area contributed by atoms with E-state index in [0.717, 1.165) is 69.3 Å². The van der Waals surface area contributed by atoms with Crippen molar-refractivity contribution < 1.29 is 14.6 Å². The van der Waals surface area contributed by atoms with Crippen LogP contribution in [0.25, 0.3) is 0 Å². The standard InChI is InChI=1S/C21H35N3O3/c1-3-27-13-5-12-22-21(24-16-18-6-4-7-19(25)14-18)23-15-17-8-10-20(26-2)11-9-17/h8-11,18-19,25H,3-7,12-16H2,1-2H3,(H2,22,23,24). The Balaban J connectivity index is 1.86. The summed E-state index contributed by atoms with van der Waals surface area (Å²) in [6.45, 7) is 5.79. The molecule has 2 rings (SSSR count). The van der Waals surface area contributed by atoms with Crippen LogP contribution in [0.5, 0.6) is 5.75 Å². The summed E-state index contributed by atoms with van der Waals surface area (Å²) in [5.41, 5.74) is 1.14. The second-order valence-electron chi connectivity index (χ2n) is 7.06. The minimum absolute atomic E-state index is 0.149. The molecule has 1 fully saturated rings. The van der Waals surface area contributed by atoms with Gasteiger partial charge in [0.25, 0.3) is 0 Å². The number of aliphatic hydroxyl groups excluding tert-OH is 1. The Morgan fingerprint density at radius 2 is 2.04 bits per heavy atom. The van der Waals surface area contributed by atoms with Crippen LogP contribution >= 0.6 is 0 Å². The number of hydrogen-bond donors (Lipinski definition) is 3. The molecule has 1 aromatic carbocycles. The number of nitrogens with one attached hydrogen (secondary N) is 2. The first-order valence-electron chi connectivity index (χ1n) is 10.1. The SMILES string of the molecule is CCOCCCNC(=NCc1ccc(OC)cc1)NCC1CCCC(O)C1. The van der Waals surface area contributed by atoms with Crippen LogP contribution in [0.15, 0.2) is 29.3 Å². The smallest absolute Gasteiger partial charge is 0.191 e. The van der Waals surface area contributed by atoms with Crippen molar-refractivity contribution in [3.8, 4) is 5.75 Å². The molecular formula is C21H35N3O3. The van der Waals surface area contributed by atoms with Gasteiger partial charge in [-0.1, -0.05) is 18.6 Å². The molecule has 0 radical (unpaired) electrons. The van der Waals surface area contributed by atoms with E-state index < -0.39 is 0 Å². The lowest BCUT2D eigenvalue weighted by Gasteiger charge is -2.26. The van der Waals surface area contributed by atoms with Gasteiger partial charge in [0.05, 0.1) is 19.8 Å². The number of ether oxygens (including phenoxy) is 2. The maximum atomic E-state index is 9.87. The van der Waals surface area contributed by atoms with Crippen LogP contribution in [0.1, 0.15) is 44.6 Å². The summed E-state index contributed by atoms with van der Waals surface area (Å²) in [5.74, 6) is 2.18. The molecule has 1 saturated carbocycles. The number of benzene rings is 1.